The molecule has 0 fully saturated rings. The van der Waals surface area contributed by atoms with Crippen LogP contribution in [0.3, 0.4) is 0 Å². The Balaban J connectivity index is 2.75. The van der Waals surface area contributed by atoms with E-state index in [-0.39, 0.29) is 28.6 Å². The maximum atomic E-state index is 11.6. The zero-order valence-electron chi connectivity index (χ0n) is 9.90. The molecular formula is C12H14ClNO4. The van der Waals surface area contributed by atoms with Crippen molar-refractivity contribution in [3.05, 3.63) is 28.8 Å². The van der Waals surface area contributed by atoms with Crippen molar-refractivity contribution >= 4 is 29.2 Å². The lowest BCUT2D eigenvalue weighted by molar-refractivity contribution is -0.116. The van der Waals surface area contributed by atoms with E-state index in [4.69, 9.17) is 21.4 Å². The Morgan fingerprint density at radius 3 is 2.78 bits per heavy atom. The number of nitrogens with one attached hydrogen (secondary N) is 1. The molecule has 0 radical (unpaired) electrons. The van der Waals surface area contributed by atoms with Crippen LogP contribution < -0.4 is 5.32 Å². The summed E-state index contributed by atoms with van der Waals surface area (Å²) in [5.41, 5.74) is 0.108. The molecule has 0 saturated carbocycles. The zero-order chi connectivity index (χ0) is 13.5. The molecule has 5 nitrogen and oxygen atoms in total. The van der Waals surface area contributed by atoms with E-state index in [9.17, 15) is 9.59 Å². The molecule has 0 heterocycles. The summed E-state index contributed by atoms with van der Waals surface area (Å²) in [6, 6.07) is 4.55. The molecule has 1 amide bonds. The second kappa shape index (κ2) is 6.98. The van der Waals surface area contributed by atoms with Gasteiger partial charge in [0.2, 0.25) is 5.91 Å². The molecule has 98 valence electrons. The molecule has 0 atom stereocenters. The lowest BCUT2D eigenvalue weighted by Gasteiger charge is -2.09. The van der Waals surface area contributed by atoms with Gasteiger partial charge in [0.25, 0.3) is 0 Å². The Morgan fingerprint density at radius 1 is 1.44 bits per heavy atom. The molecule has 0 aliphatic carbocycles. The van der Waals surface area contributed by atoms with Crippen molar-refractivity contribution in [2.75, 3.05) is 19.0 Å². The Labute approximate surface area is 110 Å². The van der Waals surface area contributed by atoms with Crippen LogP contribution in [0, 0.1) is 0 Å². The monoisotopic (exact) mass is 271 g/mol. The third kappa shape index (κ3) is 4.01. The summed E-state index contributed by atoms with van der Waals surface area (Å²) in [6.07, 6.45) is 0.838. The molecule has 0 bridgehead atoms. The maximum Gasteiger partial charge on any atom is 0.339 e. The van der Waals surface area contributed by atoms with Crippen LogP contribution in [0.15, 0.2) is 18.2 Å². The number of ether oxygens (including phenoxy) is 1. The third-order valence-electron chi connectivity index (χ3n) is 2.25. The molecule has 0 spiro atoms. The number of aromatic carboxylic acids is 1. The molecular weight excluding hydrogens is 258 g/mol. The van der Waals surface area contributed by atoms with Gasteiger partial charge < -0.3 is 15.2 Å². The van der Waals surface area contributed by atoms with Crippen LogP contribution in [-0.2, 0) is 9.53 Å². The lowest BCUT2D eigenvalue weighted by Crippen LogP contribution is -2.15. The smallest absolute Gasteiger partial charge is 0.339 e. The maximum absolute atomic E-state index is 11.6. The van der Waals surface area contributed by atoms with Gasteiger partial charge >= 0.3 is 5.97 Å². The van der Waals surface area contributed by atoms with E-state index in [0.717, 1.165) is 0 Å². The summed E-state index contributed by atoms with van der Waals surface area (Å²) in [6.45, 7) is 0.481. The largest absolute Gasteiger partial charge is 0.478 e. The summed E-state index contributed by atoms with van der Waals surface area (Å²) in [7, 11) is 1.55. The molecule has 6 heteroatoms. The van der Waals surface area contributed by atoms with Crippen molar-refractivity contribution in [1.29, 1.82) is 0 Å². The van der Waals surface area contributed by atoms with Crippen molar-refractivity contribution in [3.63, 3.8) is 0 Å². The molecule has 1 rings (SSSR count). The van der Waals surface area contributed by atoms with Crippen LogP contribution >= 0.6 is 11.6 Å². The zero-order valence-corrected chi connectivity index (χ0v) is 10.7. The standard InChI is InChI=1S/C12H14ClNO4/c1-18-7-3-6-10(15)14-9-5-2-4-8(13)11(9)12(16)17/h2,4-5H,3,6-7H2,1H3,(H,14,15)(H,16,17). The van der Waals surface area contributed by atoms with Crippen LogP contribution in [0.4, 0.5) is 5.69 Å². The van der Waals surface area contributed by atoms with Gasteiger partial charge in [0.15, 0.2) is 0 Å². The van der Waals surface area contributed by atoms with Crippen LogP contribution in [0.25, 0.3) is 0 Å². The molecule has 2 N–H and O–H groups in total. The summed E-state index contributed by atoms with van der Waals surface area (Å²) in [4.78, 5) is 22.6. The van der Waals surface area contributed by atoms with Crippen molar-refractivity contribution in [1.82, 2.24) is 0 Å². The van der Waals surface area contributed by atoms with Gasteiger partial charge in [0.05, 0.1) is 10.7 Å². The number of carboxylic acids is 1. The minimum Gasteiger partial charge on any atom is -0.478 e. The Bertz CT molecular complexity index is 448. The van der Waals surface area contributed by atoms with E-state index < -0.39 is 5.97 Å². The first kappa shape index (κ1) is 14.5. The number of hydrogen-bond donors (Lipinski definition) is 2. The molecule has 1 aromatic rings. The van der Waals surface area contributed by atoms with E-state index in [2.05, 4.69) is 5.32 Å². The number of carbonyl (C=O) groups excluding carboxylic acids is 1. The van der Waals surface area contributed by atoms with Crippen LogP contribution in [0.1, 0.15) is 23.2 Å². The molecule has 0 aliphatic heterocycles. The van der Waals surface area contributed by atoms with Crippen molar-refractivity contribution in [2.24, 2.45) is 0 Å². The van der Waals surface area contributed by atoms with Gasteiger partial charge in [-0.25, -0.2) is 4.79 Å². The third-order valence-corrected chi connectivity index (χ3v) is 2.57. The Hall–Kier alpha value is -1.59. The predicted molar refractivity (Wildman–Crippen MR) is 68.2 cm³/mol. The second-order valence-corrected chi connectivity index (χ2v) is 4.02. The fraction of sp³-hybridized carbons (Fsp3) is 0.333. The minimum atomic E-state index is -1.17. The van der Waals surface area contributed by atoms with Crippen molar-refractivity contribution in [2.45, 2.75) is 12.8 Å². The average Bonchev–Trinajstić information content (AvgIpc) is 2.28. The molecule has 18 heavy (non-hydrogen) atoms. The summed E-state index contributed by atoms with van der Waals surface area (Å²) < 4.78 is 4.83. The molecule has 0 saturated heterocycles. The number of halogens is 1. The van der Waals surface area contributed by atoms with E-state index in [1.807, 2.05) is 0 Å². The number of hydrogen-bond acceptors (Lipinski definition) is 3. The van der Waals surface area contributed by atoms with Gasteiger partial charge in [-0.1, -0.05) is 17.7 Å². The SMILES string of the molecule is COCCCC(=O)Nc1cccc(Cl)c1C(=O)O. The number of anilines is 1. The summed E-state index contributed by atoms with van der Waals surface area (Å²) in [5, 5.41) is 11.6. The number of amides is 1. The predicted octanol–water partition coefficient (Wildman–Crippen LogP) is 2.40. The fourth-order valence-corrected chi connectivity index (χ4v) is 1.69. The van der Waals surface area contributed by atoms with Gasteiger partial charge in [-0.3, -0.25) is 4.79 Å². The van der Waals surface area contributed by atoms with E-state index in [1.165, 1.54) is 12.1 Å². The first-order chi connectivity index (χ1) is 8.56. The average molecular weight is 272 g/mol. The lowest BCUT2D eigenvalue weighted by atomic mass is 10.1. The van der Waals surface area contributed by atoms with E-state index in [1.54, 1.807) is 13.2 Å². The summed E-state index contributed by atoms with van der Waals surface area (Å²) in [5.74, 6) is -1.44. The summed E-state index contributed by atoms with van der Waals surface area (Å²) >= 11 is 5.78. The normalized spacial score (nSPS) is 10.1. The van der Waals surface area contributed by atoms with E-state index in [0.29, 0.717) is 13.0 Å². The van der Waals surface area contributed by atoms with Crippen molar-refractivity contribution < 1.29 is 19.4 Å². The first-order valence-corrected chi connectivity index (χ1v) is 5.74. The Kier molecular flexibility index (Phi) is 5.61. The highest BCUT2D eigenvalue weighted by atomic mass is 35.5. The minimum absolute atomic E-state index is 0.0946. The molecule has 1 aromatic carbocycles. The highest BCUT2D eigenvalue weighted by molar-refractivity contribution is 6.34. The second-order valence-electron chi connectivity index (χ2n) is 3.61. The Morgan fingerprint density at radius 2 is 2.17 bits per heavy atom. The van der Waals surface area contributed by atoms with Gasteiger partial charge in [0, 0.05) is 20.1 Å². The highest BCUT2D eigenvalue weighted by Gasteiger charge is 2.15. The number of carboxylic acid groups (broad SMARTS) is 1. The van der Waals surface area contributed by atoms with Gasteiger partial charge in [-0.2, -0.15) is 0 Å². The van der Waals surface area contributed by atoms with Crippen LogP contribution in [0.5, 0.6) is 0 Å². The molecule has 0 aliphatic rings. The van der Waals surface area contributed by atoms with Crippen LogP contribution in [-0.4, -0.2) is 30.7 Å². The van der Waals surface area contributed by atoms with Crippen molar-refractivity contribution in [3.8, 4) is 0 Å². The number of benzene rings is 1. The topological polar surface area (TPSA) is 75.6 Å². The van der Waals surface area contributed by atoms with Crippen LogP contribution in [0.2, 0.25) is 5.02 Å². The molecule has 0 aromatic heterocycles. The molecule has 0 unspecified atom stereocenters. The van der Waals surface area contributed by atoms with Gasteiger partial charge in [-0.05, 0) is 18.6 Å². The van der Waals surface area contributed by atoms with E-state index >= 15 is 0 Å². The highest BCUT2D eigenvalue weighted by Crippen LogP contribution is 2.24. The fourth-order valence-electron chi connectivity index (χ4n) is 1.44. The van der Waals surface area contributed by atoms with Gasteiger partial charge in [-0.15, -0.1) is 0 Å². The van der Waals surface area contributed by atoms with Gasteiger partial charge in [0.1, 0.15) is 5.56 Å². The first-order valence-electron chi connectivity index (χ1n) is 5.37. The quantitative estimate of drug-likeness (QED) is 0.779. The number of rotatable bonds is 6. The number of methoxy groups -OCH3 is 1. The number of carbonyl (C=O) groups is 2.